The molecule has 0 radical (unpaired) electrons. The molecule has 0 unspecified atom stereocenters. The summed E-state index contributed by atoms with van der Waals surface area (Å²) in [6, 6.07) is 0. The van der Waals surface area contributed by atoms with Gasteiger partial charge >= 0.3 is 11.9 Å². The Kier molecular flexibility index (Phi) is 42.6. The Bertz CT molecular complexity index is 175. The summed E-state index contributed by atoms with van der Waals surface area (Å²) in [4.78, 5) is 19.3. The molecule has 6 nitrogen and oxygen atoms in total. The summed E-state index contributed by atoms with van der Waals surface area (Å²) in [6.45, 7) is 13.5. The largest absolute Gasteiger partial charge is 0.481 e. The maximum absolute atomic E-state index is 9.64. The van der Waals surface area contributed by atoms with Crippen LogP contribution < -0.4 is 12.3 Å². The molecule has 0 aromatic carbocycles. The van der Waals surface area contributed by atoms with E-state index in [4.69, 9.17) is 10.2 Å². The second-order valence-electron chi connectivity index (χ2n) is 2.49. The van der Waals surface area contributed by atoms with Crippen molar-refractivity contribution in [2.24, 2.45) is 0 Å². The molecule has 6 heteroatoms. The van der Waals surface area contributed by atoms with Crippen molar-refractivity contribution in [3.63, 3.8) is 0 Å². The fraction of sp³-hybridized carbons (Fsp3) is 0.400. The van der Waals surface area contributed by atoms with E-state index in [0.717, 1.165) is 0 Å². The lowest BCUT2D eigenvalue weighted by atomic mass is 10.3. The lowest BCUT2D eigenvalue weighted by molar-refractivity contribution is -0.143. The zero-order valence-corrected chi connectivity index (χ0v) is 10.2. The van der Waals surface area contributed by atoms with Crippen LogP contribution in [0.1, 0.15) is 26.7 Å². The molecule has 16 heavy (non-hydrogen) atoms. The third kappa shape index (κ3) is 142. The van der Waals surface area contributed by atoms with Crippen LogP contribution in [0.25, 0.3) is 0 Å². The van der Waals surface area contributed by atoms with Crippen LogP contribution in [-0.2, 0) is 9.59 Å². The van der Waals surface area contributed by atoms with Crippen molar-refractivity contribution >= 4 is 11.9 Å². The molecule has 0 saturated carbocycles. The molecule has 0 aromatic rings. The molecule has 0 fully saturated rings. The molecule has 0 aliphatic rings. The highest BCUT2D eigenvalue weighted by Crippen LogP contribution is 1.86. The molecule has 0 aromatic heterocycles. The number of hydrogen-bond acceptors (Lipinski definition) is 4. The highest BCUT2D eigenvalue weighted by Gasteiger charge is 2.00. The van der Waals surface area contributed by atoms with Gasteiger partial charge in [-0.2, -0.15) is 0 Å². The molecular formula is C10H24N2O4. The molecule has 0 aliphatic heterocycles. The van der Waals surface area contributed by atoms with Gasteiger partial charge in [-0.1, -0.05) is 5.57 Å². The number of aliphatic carboxylic acids is 2. The standard InChI is InChI=1S/C4H6O4.C4H8.C2H4.2H3N/c5-3(6)1-2-4(7)8;1-4(2)3;1-2;;/h1-2H2,(H,5,6)(H,7,8);1H2,2-3H3;1-2H2;2*1H3. The van der Waals surface area contributed by atoms with Crippen molar-refractivity contribution in [2.75, 3.05) is 0 Å². The van der Waals surface area contributed by atoms with Gasteiger partial charge < -0.3 is 22.5 Å². The molecule has 0 bridgehead atoms. The van der Waals surface area contributed by atoms with Crippen molar-refractivity contribution in [3.8, 4) is 0 Å². The minimum atomic E-state index is -1.08. The molecule has 8 N–H and O–H groups in total. The Hall–Kier alpha value is -1.66. The van der Waals surface area contributed by atoms with Crippen LogP contribution >= 0.6 is 0 Å². The number of carboxylic acid groups (broad SMARTS) is 2. The summed E-state index contributed by atoms with van der Waals surface area (Å²) in [5, 5.41) is 15.8. The van der Waals surface area contributed by atoms with Gasteiger partial charge in [0.05, 0.1) is 12.8 Å². The second kappa shape index (κ2) is 23.3. The summed E-state index contributed by atoms with van der Waals surface area (Å²) in [6.07, 6.45) is -0.593. The molecule has 0 saturated heterocycles. The fourth-order valence-corrected chi connectivity index (χ4v) is 0.214. The van der Waals surface area contributed by atoms with E-state index < -0.39 is 11.9 Å². The average molecular weight is 236 g/mol. The van der Waals surface area contributed by atoms with Gasteiger partial charge in [-0.05, 0) is 13.8 Å². The highest BCUT2D eigenvalue weighted by atomic mass is 16.4. The summed E-state index contributed by atoms with van der Waals surface area (Å²) in [7, 11) is 0. The lowest BCUT2D eigenvalue weighted by Gasteiger charge is -1.85. The third-order valence-corrected chi connectivity index (χ3v) is 0.553. The van der Waals surface area contributed by atoms with Gasteiger partial charge in [0, 0.05) is 0 Å². The normalized spacial score (nSPS) is 6.12. The number of rotatable bonds is 3. The van der Waals surface area contributed by atoms with Crippen LogP contribution in [0, 0.1) is 0 Å². The van der Waals surface area contributed by atoms with Crippen molar-refractivity contribution in [3.05, 3.63) is 25.3 Å². The maximum atomic E-state index is 9.64. The number of hydrogen-bond donors (Lipinski definition) is 4. The third-order valence-electron chi connectivity index (χ3n) is 0.553. The van der Waals surface area contributed by atoms with E-state index in [0.29, 0.717) is 0 Å². The van der Waals surface area contributed by atoms with E-state index in [-0.39, 0.29) is 25.1 Å². The molecule has 0 spiro atoms. The SMILES string of the molecule is C=C.C=C(C)C.N.N.O=C(O)CCC(=O)O. The van der Waals surface area contributed by atoms with Crippen LogP contribution in [-0.4, -0.2) is 22.2 Å². The van der Waals surface area contributed by atoms with Crippen molar-refractivity contribution in [1.82, 2.24) is 12.3 Å². The van der Waals surface area contributed by atoms with Crippen molar-refractivity contribution in [2.45, 2.75) is 26.7 Å². The molecule has 0 rings (SSSR count). The van der Waals surface area contributed by atoms with Crippen LogP contribution in [0.3, 0.4) is 0 Å². The van der Waals surface area contributed by atoms with Crippen LogP contribution in [0.4, 0.5) is 0 Å². The van der Waals surface area contributed by atoms with E-state index in [9.17, 15) is 9.59 Å². The summed E-state index contributed by atoms with van der Waals surface area (Å²) >= 11 is 0. The average Bonchev–Trinajstić information content (AvgIpc) is 2.03. The topological polar surface area (TPSA) is 145 Å². The quantitative estimate of drug-likeness (QED) is 0.554. The van der Waals surface area contributed by atoms with Gasteiger partial charge in [0.15, 0.2) is 0 Å². The predicted molar refractivity (Wildman–Crippen MR) is 66.3 cm³/mol. The molecule has 0 amide bonds. The molecule has 98 valence electrons. The Morgan fingerprint density at radius 2 is 1.06 bits per heavy atom. The number of carbonyl (C=O) groups is 2. The van der Waals surface area contributed by atoms with E-state index in [1.165, 1.54) is 5.57 Å². The first-order chi connectivity index (χ1) is 6.36. The Balaban J connectivity index is -0.0000000439. The summed E-state index contributed by atoms with van der Waals surface area (Å²) in [5.41, 5.74) is 1.17. The minimum Gasteiger partial charge on any atom is -0.481 e. The van der Waals surface area contributed by atoms with Gasteiger partial charge in [0.1, 0.15) is 0 Å². The molecular weight excluding hydrogens is 212 g/mol. The Labute approximate surface area is 96.8 Å². The van der Waals surface area contributed by atoms with E-state index >= 15 is 0 Å². The first kappa shape index (κ1) is 29.3. The molecule has 0 aliphatic carbocycles. The van der Waals surface area contributed by atoms with Gasteiger partial charge in [0.25, 0.3) is 0 Å². The summed E-state index contributed by atoms with van der Waals surface area (Å²) in [5.74, 6) is -2.15. The van der Waals surface area contributed by atoms with Gasteiger partial charge in [0.2, 0.25) is 0 Å². The number of carboxylic acids is 2. The first-order valence-electron chi connectivity index (χ1n) is 3.92. The van der Waals surface area contributed by atoms with Crippen LogP contribution in [0.2, 0.25) is 0 Å². The van der Waals surface area contributed by atoms with Crippen LogP contribution in [0.15, 0.2) is 25.3 Å². The van der Waals surface area contributed by atoms with Crippen LogP contribution in [0.5, 0.6) is 0 Å². The van der Waals surface area contributed by atoms with Crippen molar-refractivity contribution in [1.29, 1.82) is 0 Å². The minimum absolute atomic E-state index is 0. The van der Waals surface area contributed by atoms with E-state index in [1.807, 2.05) is 13.8 Å². The van der Waals surface area contributed by atoms with Gasteiger partial charge in [-0.25, -0.2) is 0 Å². The predicted octanol–water partition coefficient (Wildman–Crippen LogP) is 2.64. The second-order valence-corrected chi connectivity index (χ2v) is 2.49. The smallest absolute Gasteiger partial charge is 0.303 e. The maximum Gasteiger partial charge on any atom is 0.303 e. The zero-order chi connectivity index (χ0) is 12.1. The Morgan fingerprint density at radius 3 is 1.12 bits per heavy atom. The highest BCUT2D eigenvalue weighted by molar-refractivity contribution is 5.75. The lowest BCUT2D eigenvalue weighted by Crippen LogP contribution is -2.00. The zero-order valence-electron chi connectivity index (χ0n) is 10.2. The van der Waals surface area contributed by atoms with E-state index in [2.05, 4.69) is 19.7 Å². The molecule has 0 heterocycles. The fourth-order valence-electron chi connectivity index (χ4n) is 0.214. The van der Waals surface area contributed by atoms with Gasteiger partial charge in [-0.15, -0.1) is 19.7 Å². The Morgan fingerprint density at radius 1 is 0.938 bits per heavy atom. The summed E-state index contributed by atoms with van der Waals surface area (Å²) < 4.78 is 0. The van der Waals surface area contributed by atoms with Gasteiger partial charge in [-0.3, -0.25) is 9.59 Å². The monoisotopic (exact) mass is 236 g/mol. The van der Waals surface area contributed by atoms with E-state index in [1.54, 1.807) is 0 Å². The molecule has 0 atom stereocenters. The van der Waals surface area contributed by atoms with Crippen molar-refractivity contribution < 1.29 is 19.8 Å². The number of allylic oxidation sites excluding steroid dienone is 1. The first-order valence-corrected chi connectivity index (χ1v) is 3.92.